The average molecular weight is 592 g/mol. The lowest BCUT2D eigenvalue weighted by Crippen LogP contribution is -2.37. The molecule has 7 heteroatoms. The van der Waals surface area contributed by atoms with Crippen LogP contribution in [0.4, 0.5) is 21.9 Å². The van der Waals surface area contributed by atoms with Gasteiger partial charge in [-0.05, 0) is 54.3 Å². The molecule has 4 aromatic rings. The fourth-order valence-corrected chi connectivity index (χ4v) is 5.08. The monoisotopic (exact) mass is 591 g/mol. The molecule has 44 heavy (non-hydrogen) atoms. The summed E-state index contributed by atoms with van der Waals surface area (Å²) >= 11 is 0. The molecule has 0 unspecified atom stereocenters. The predicted molar refractivity (Wildman–Crippen MR) is 178 cm³/mol. The minimum absolute atomic E-state index is 0.00978. The van der Waals surface area contributed by atoms with Crippen molar-refractivity contribution in [3.8, 4) is 11.1 Å². The fourth-order valence-electron chi connectivity index (χ4n) is 5.08. The van der Waals surface area contributed by atoms with E-state index in [1.165, 1.54) is 19.3 Å². The Morgan fingerprint density at radius 3 is 2.30 bits per heavy atom. The lowest BCUT2D eigenvalue weighted by Gasteiger charge is -2.20. The van der Waals surface area contributed by atoms with E-state index in [9.17, 15) is 19.5 Å². The zero-order valence-electron chi connectivity index (χ0n) is 25.5. The SMILES string of the molecule is CCCCCCCNC(=O)N(C)c1cccc(-c2ccc(CCC(=O)O)cc2Nc2ccccc2C(=O)c2ccccc2)c1. The number of carbonyl (C=O) groups excluding carboxylic acids is 2. The number of ketones is 1. The molecule has 0 saturated heterocycles. The van der Waals surface area contributed by atoms with E-state index in [2.05, 4.69) is 17.6 Å². The van der Waals surface area contributed by atoms with Crippen LogP contribution in [0.1, 0.15) is 66.9 Å². The maximum absolute atomic E-state index is 13.4. The Balaban J connectivity index is 1.62. The zero-order valence-corrected chi connectivity index (χ0v) is 25.5. The number of urea groups is 1. The third-order valence-electron chi connectivity index (χ3n) is 7.59. The van der Waals surface area contributed by atoms with Crippen molar-refractivity contribution in [2.75, 3.05) is 23.8 Å². The highest BCUT2D eigenvalue weighted by Crippen LogP contribution is 2.35. The minimum atomic E-state index is -0.864. The highest BCUT2D eigenvalue weighted by molar-refractivity contribution is 6.12. The van der Waals surface area contributed by atoms with E-state index in [1.807, 2.05) is 78.9 Å². The normalized spacial score (nSPS) is 10.7. The number of nitrogens with one attached hydrogen (secondary N) is 2. The summed E-state index contributed by atoms with van der Waals surface area (Å²) in [5, 5.41) is 15.8. The maximum atomic E-state index is 13.4. The van der Waals surface area contributed by atoms with Gasteiger partial charge in [0.15, 0.2) is 5.78 Å². The van der Waals surface area contributed by atoms with Gasteiger partial charge in [0.2, 0.25) is 0 Å². The number of amides is 2. The molecule has 0 aliphatic carbocycles. The van der Waals surface area contributed by atoms with Gasteiger partial charge in [-0.25, -0.2) is 4.79 Å². The van der Waals surface area contributed by atoms with E-state index in [1.54, 1.807) is 30.1 Å². The number of aliphatic carboxylic acids is 1. The predicted octanol–water partition coefficient (Wildman–Crippen LogP) is 8.46. The molecule has 0 radical (unpaired) electrons. The number of carbonyl (C=O) groups is 3. The van der Waals surface area contributed by atoms with Crippen molar-refractivity contribution in [2.24, 2.45) is 0 Å². The number of para-hydroxylation sites is 1. The van der Waals surface area contributed by atoms with Crippen LogP contribution in [0.2, 0.25) is 0 Å². The smallest absolute Gasteiger partial charge is 0.321 e. The van der Waals surface area contributed by atoms with Crippen LogP contribution in [-0.4, -0.2) is 36.5 Å². The van der Waals surface area contributed by atoms with Crippen LogP contribution < -0.4 is 15.5 Å². The second-order valence-corrected chi connectivity index (χ2v) is 10.9. The van der Waals surface area contributed by atoms with Gasteiger partial charge in [0.05, 0.1) is 0 Å². The van der Waals surface area contributed by atoms with Gasteiger partial charge >= 0.3 is 12.0 Å². The average Bonchev–Trinajstić information content (AvgIpc) is 3.05. The second kappa shape index (κ2) is 16.1. The number of benzene rings is 4. The van der Waals surface area contributed by atoms with Crippen molar-refractivity contribution in [3.63, 3.8) is 0 Å². The van der Waals surface area contributed by atoms with Crippen molar-refractivity contribution < 1.29 is 19.5 Å². The quantitative estimate of drug-likeness (QED) is 0.0951. The Morgan fingerprint density at radius 2 is 1.52 bits per heavy atom. The van der Waals surface area contributed by atoms with Gasteiger partial charge < -0.3 is 15.7 Å². The first-order chi connectivity index (χ1) is 21.4. The summed E-state index contributed by atoms with van der Waals surface area (Å²) in [6, 6.07) is 29.9. The maximum Gasteiger partial charge on any atom is 0.321 e. The van der Waals surface area contributed by atoms with Crippen molar-refractivity contribution in [1.29, 1.82) is 0 Å². The van der Waals surface area contributed by atoms with Crippen molar-refractivity contribution in [3.05, 3.63) is 114 Å². The largest absolute Gasteiger partial charge is 0.481 e. The summed E-state index contributed by atoms with van der Waals surface area (Å²) in [6.45, 7) is 2.82. The molecule has 0 fully saturated rings. The van der Waals surface area contributed by atoms with Crippen LogP contribution in [0, 0.1) is 0 Å². The van der Waals surface area contributed by atoms with E-state index in [-0.39, 0.29) is 18.2 Å². The molecule has 0 saturated carbocycles. The van der Waals surface area contributed by atoms with Gasteiger partial charge in [-0.3, -0.25) is 14.5 Å². The summed E-state index contributed by atoms with van der Waals surface area (Å²) in [5.74, 6) is -0.963. The molecule has 4 aromatic carbocycles. The van der Waals surface area contributed by atoms with Crippen LogP contribution in [0.25, 0.3) is 11.1 Å². The molecule has 0 aliphatic rings. The van der Waals surface area contributed by atoms with Crippen LogP contribution >= 0.6 is 0 Å². The number of carboxylic acid groups (broad SMARTS) is 1. The number of hydrogen-bond acceptors (Lipinski definition) is 4. The lowest BCUT2D eigenvalue weighted by atomic mass is 9.97. The van der Waals surface area contributed by atoms with Gasteiger partial charge in [-0.2, -0.15) is 0 Å². The number of carboxylic acids is 1. The number of anilines is 3. The summed E-state index contributed by atoms with van der Waals surface area (Å²) in [4.78, 5) is 39.2. The van der Waals surface area contributed by atoms with E-state index in [0.29, 0.717) is 29.8 Å². The topological polar surface area (TPSA) is 98.7 Å². The van der Waals surface area contributed by atoms with Crippen LogP contribution in [0.3, 0.4) is 0 Å². The number of rotatable bonds is 15. The molecule has 0 atom stereocenters. The molecular weight excluding hydrogens is 550 g/mol. The first kappa shape index (κ1) is 32.0. The van der Waals surface area contributed by atoms with E-state index >= 15 is 0 Å². The van der Waals surface area contributed by atoms with Gasteiger partial charge in [0.25, 0.3) is 0 Å². The second-order valence-electron chi connectivity index (χ2n) is 10.9. The minimum Gasteiger partial charge on any atom is -0.481 e. The van der Waals surface area contributed by atoms with E-state index < -0.39 is 5.97 Å². The number of hydrogen-bond donors (Lipinski definition) is 3. The molecular formula is C37H41N3O4. The first-order valence-electron chi connectivity index (χ1n) is 15.3. The highest BCUT2D eigenvalue weighted by atomic mass is 16.4. The van der Waals surface area contributed by atoms with Crippen molar-refractivity contribution in [2.45, 2.75) is 51.9 Å². The van der Waals surface area contributed by atoms with Crippen molar-refractivity contribution in [1.82, 2.24) is 5.32 Å². The van der Waals surface area contributed by atoms with Crippen LogP contribution in [-0.2, 0) is 11.2 Å². The molecule has 0 heterocycles. The first-order valence-corrected chi connectivity index (χ1v) is 15.3. The third-order valence-corrected chi connectivity index (χ3v) is 7.59. The van der Waals surface area contributed by atoms with Gasteiger partial charge in [-0.1, -0.05) is 99.3 Å². The van der Waals surface area contributed by atoms with E-state index in [4.69, 9.17) is 0 Å². The standard InChI is InChI=1S/C37H41N3O4/c1-3-4-5-6-12-24-38-37(44)40(2)30-17-13-16-29(26-30)31-22-20-27(21-23-35(41)42)25-34(31)39-33-19-11-10-18-32(33)36(43)28-14-8-7-9-15-28/h7-11,13-20,22,25-26,39H,3-6,12,21,23-24H2,1-2H3,(H,38,44)(H,41,42). The molecule has 3 N–H and O–H groups in total. The third kappa shape index (κ3) is 8.80. The molecule has 228 valence electrons. The Labute approximate surface area is 259 Å². The van der Waals surface area contributed by atoms with Gasteiger partial charge in [-0.15, -0.1) is 0 Å². The van der Waals surface area contributed by atoms with E-state index in [0.717, 1.165) is 40.9 Å². The molecule has 0 bridgehead atoms. The molecule has 0 spiro atoms. The summed E-state index contributed by atoms with van der Waals surface area (Å²) in [7, 11) is 1.76. The van der Waals surface area contributed by atoms with Crippen LogP contribution in [0.15, 0.2) is 97.1 Å². The lowest BCUT2D eigenvalue weighted by molar-refractivity contribution is -0.136. The molecule has 4 rings (SSSR count). The van der Waals surface area contributed by atoms with Crippen molar-refractivity contribution >= 4 is 34.8 Å². The highest BCUT2D eigenvalue weighted by Gasteiger charge is 2.17. The molecule has 7 nitrogen and oxygen atoms in total. The molecule has 2 amide bonds. The van der Waals surface area contributed by atoms with Crippen LogP contribution in [0.5, 0.6) is 0 Å². The summed E-state index contributed by atoms with van der Waals surface area (Å²) < 4.78 is 0. The van der Waals surface area contributed by atoms with Gasteiger partial charge in [0.1, 0.15) is 0 Å². The number of unbranched alkanes of at least 4 members (excludes halogenated alkanes) is 4. The Morgan fingerprint density at radius 1 is 0.773 bits per heavy atom. The number of nitrogens with zero attached hydrogens (tertiary/aromatic N) is 1. The molecule has 0 aromatic heterocycles. The Bertz CT molecular complexity index is 1570. The van der Waals surface area contributed by atoms with Gasteiger partial charge in [0, 0.05) is 53.8 Å². The fraction of sp³-hybridized carbons (Fsp3) is 0.270. The molecule has 0 aliphatic heterocycles. The Hall–Kier alpha value is -4.91. The summed E-state index contributed by atoms with van der Waals surface area (Å²) in [5.41, 5.74) is 5.83. The number of aryl methyl sites for hydroxylation is 1. The Kier molecular flexibility index (Phi) is 11.7. The summed E-state index contributed by atoms with van der Waals surface area (Å²) in [6.07, 6.45) is 6.02. The zero-order chi connectivity index (χ0) is 31.3.